The van der Waals surface area contributed by atoms with E-state index in [1.807, 2.05) is 0 Å². The molecule has 0 bridgehead atoms. The Bertz CT molecular complexity index is 295. The molecule has 0 aliphatic carbocycles. The lowest BCUT2D eigenvalue weighted by Crippen LogP contribution is -2.33. The van der Waals surface area contributed by atoms with Crippen molar-refractivity contribution in [1.29, 1.82) is 0 Å². The zero-order valence-electron chi connectivity index (χ0n) is 8.93. The van der Waals surface area contributed by atoms with Gasteiger partial charge in [-0.1, -0.05) is 0 Å². The van der Waals surface area contributed by atoms with Gasteiger partial charge in [-0.2, -0.15) is 4.98 Å². The number of methoxy groups -OCH3 is 2. The largest absolute Gasteiger partial charge is 0.481 e. The van der Waals surface area contributed by atoms with E-state index < -0.39 is 0 Å². The van der Waals surface area contributed by atoms with E-state index >= 15 is 0 Å². The van der Waals surface area contributed by atoms with Crippen molar-refractivity contribution < 1.29 is 9.47 Å². The lowest BCUT2D eigenvalue weighted by atomic mass is 10.3. The summed E-state index contributed by atoms with van der Waals surface area (Å²) in [4.78, 5) is 8.15. The lowest BCUT2D eigenvalue weighted by Gasteiger charge is -2.15. The number of rotatable bonds is 6. The number of ether oxygens (including phenoxy) is 2. The molecule has 1 rings (SSSR count). The van der Waals surface area contributed by atoms with E-state index in [1.54, 1.807) is 26.5 Å². The van der Waals surface area contributed by atoms with Crippen molar-refractivity contribution in [1.82, 2.24) is 9.97 Å². The molecule has 1 unspecified atom stereocenters. The Labute approximate surface area is 88.8 Å². The van der Waals surface area contributed by atoms with Crippen LogP contribution in [0.5, 0.6) is 5.88 Å². The summed E-state index contributed by atoms with van der Waals surface area (Å²) in [6.07, 6.45) is 1.62. The van der Waals surface area contributed by atoms with Crippen molar-refractivity contribution in [2.45, 2.75) is 6.04 Å². The third-order valence-electron chi connectivity index (χ3n) is 1.82. The molecule has 1 atom stereocenters. The molecule has 0 fully saturated rings. The van der Waals surface area contributed by atoms with E-state index in [9.17, 15) is 0 Å². The zero-order chi connectivity index (χ0) is 11.1. The minimum absolute atomic E-state index is 0.00195. The van der Waals surface area contributed by atoms with Crippen LogP contribution in [0.2, 0.25) is 0 Å². The molecule has 0 spiro atoms. The molecule has 15 heavy (non-hydrogen) atoms. The quantitative estimate of drug-likeness (QED) is 0.683. The highest BCUT2D eigenvalue weighted by atomic mass is 16.5. The first-order valence-corrected chi connectivity index (χ1v) is 4.62. The first-order valence-electron chi connectivity index (χ1n) is 4.62. The van der Waals surface area contributed by atoms with E-state index in [-0.39, 0.29) is 6.04 Å². The molecule has 0 aliphatic rings. The summed E-state index contributed by atoms with van der Waals surface area (Å²) in [5.41, 5.74) is 5.55. The van der Waals surface area contributed by atoms with Crippen molar-refractivity contribution in [2.24, 2.45) is 5.73 Å². The Hall–Kier alpha value is -1.40. The molecule has 1 heterocycles. The highest BCUT2D eigenvalue weighted by molar-refractivity contribution is 5.28. The Balaban J connectivity index is 2.61. The Morgan fingerprint density at radius 2 is 2.33 bits per heavy atom. The predicted octanol–water partition coefficient (Wildman–Crippen LogP) is -0.129. The molecule has 0 radical (unpaired) electrons. The average Bonchev–Trinajstić information content (AvgIpc) is 2.29. The van der Waals surface area contributed by atoms with Crippen LogP contribution in [0.25, 0.3) is 0 Å². The number of aromatic nitrogens is 2. The standard InChI is InChI=1S/C9H16N4O2/c1-14-6-7(5-10)12-9-11-4-3-8(13-9)15-2/h3-4,7H,5-6,10H2,1-2H3,(H,11,12,13). The number of nitrogens with two attached hydrogens (primary N) is 1. The SMILES string of the molecule is COCC(CN)Nc1nccc(OC)n1. The topological polar surface area (TPSA) is 82.3 Å². The first-order chi connectivity index (χ1) is 7.30. The van der Waals surface area contributed by atoms with Gasteiger partial charge in [0.1, 0.15) is 0 Å². The minimum atomic E-state index is 0.00195. The van der Waals surface area contributed by atoms with Crippen LogP contribution >= 0.6 is 0 Å². The van der Waals surface area contributed by atoms with Crippen molar-refractivity contribution in [3.8, 4) is 5.88 Å². The van der Waals surface area contributed by atoms with Gasteiger partial charge in [-0.15, -0.1) is 0 Å². The number of nitrogens with zero attached hydrogens (tertiary/aromatic N) is 2. The molecular weight excluding hydrogens is 196 g/mol. The highest BCUT2D eigenvalue weighted by Crippen LogP contribution is 2.07. The average molecular weight is 212 g/mol. The van der Waals surface area contributed by atoms with Crippen molar-refractivity contribution in [3.63, 3.8) is 0 Å². The summed E-state index contributed by atoms with van der Waals surface area (Å²) in [7, 11) is 3.18. The molecule has 1 aromatic heterocycles. The Morgan fingerprint density at radius 1 is 1.53 bits per heavy atom. The van der Waals surface area contributed by atoms with Gasteiger partial charge in [0.2, 0.25) is 11.8 Å². The van der Waals surface area contributed by atoms with Crippen LogP contribution in [0.1, 0.15) is 0 Å². The fourth-order valence-corrected chi connectivity index (χ4v) is 1.08. The van der Waals surface area contributed by atoms with Gasteiger partial charge in [-0.3, -0.25) is 0 Å². The number of nitrogens with one attached hydrogen (secondary N) is 1. The van der Waals surface area contributed by atoms with E-state index in [2.05, 4.69) is 15.3 Å². The van der Waals surface area contributed by atoms with Crippen LogP contribution < -0.4 is 15.8 Å². The van der Waals surface area contributed by atoms with Gasteiger partial charge in [0.15, 0.2) is 0 Å². The van der Waals surface area contributed by atoms with Gasteiger partial charge in [-0.25, -0.2) is 4.98 Å². The molecule has 0 aromatic carbocycles. The summed E-state index contributed by atoms with van der Waals surface area (Å²) in [6.45, 7) is 0.964. The van der Waals surface area contributed by atoms with E-state index in [1.165, 1.54) is 0 Å². The van der Waals surface area contributed by atoms with Crippen LogP contribution in [0, 0.1) is 0 Å². The second kappa shape index (κ2) is 6.15. The van der Waals surface area contributed by atoms with Gasteiger partial charge in [0, 0.05) is 25.9 Å². The molecule has 0 amide bonds. The molecular formula is C9H16N4O2. The zero-order valence-corrected chi connectivity index (χ0v) is 8.93. The fourth-order valence-electron chi connectivity index (χ4n) is 1.08. The molecule has 0 saturated carbocycles. The van der Waals surface area contributed by atoms with Crippen LogP contribution in [-0.4, -0.2) is 43.4 Å². The normalized spacial score (nSPS) is 12.2. The molecule has 0 aliphatic heterocycles. The van der Waals surface area contributed by atoms with E-state index in [0.29, 0.717) is 25.0 Å². The Morgan fingerprint density at radius 3 is 2.93 bits per heavy atom. The number of anilines is 1. The Kier molecular flexibility index (Phi) is 4.79. The summed E-state index contributed by atoms with van der Waals surface area (Å²) < 4.78 is 9.97. The van der Waals surface area contributed by atoms with Gasteiger partial charge in [0.05, 0.1) is 19.8 Å². The third kappa shape index (κ3) is 3.69. The molecule has 6 nitrogen and oxygen atoms in total. The summed E-state index contributed by atoms with van der Waals surface area (Å²) >= 11 is 0. The fraction of sp³-hybridized carbons (Fsp3) is 0.556. The van der Waals surface area contributed by atoms with Crippen molar-refractivity contribution in [3.05, 3.63) is 12.3 Å². The second-order valence-electron chi connectivity index (χ2n) is 2.95. The van der Waals surface area contributed by atoms with Crippen LogP contribution in [0.4, 0.5) is 5.95 Å². The molecule has 3 N–H and O–H groups in total. The second-order valence-corrected chi connectivity index (χ2v) is 2.95. The van der Waals surface area contributed by atoms with Gasteiger partial charge >= 0.3 is 0 Å². The van der Waals surface area contributed by atoms with Gasteiger partial charge < -0.3 is 20.5 Å². The summed E-state index contributed by atoms with van der Waals surface area (Å²) in [6, 6.07) is 1.68. The van der Waals surface area contributed by atoms with E-state index in [4.69, 9.17) is 15.2 Å². The van der Waals surface area contributed by atoms with Gasteiger partial charge in [-0.05, 0) is 0 Å². The van der Waals surface area contributed by atoms with Crippen LogP contribution in [-0.2, 0) is 4.74 Å². The van der Waals surface area contributed by atoms with Crippen LogP contribution in [0.15, 0.2) is 12.3 Å². The highest BCUT2D eigenvalue weighted by Gasteiger charge is 2.07. The van der Waals surface area contributed by atoms with E-state index in [0.717, 1.165) is 0 Å². The van der Waals surface area contributed by atoms with Crippen LogP contribution in [0.3, 0.4) is 0 Å². The maximum Gasteiger partial charge on any atom is 0.226 e. The summed E-state index contributed by atoms with van der Waals surface area (Å²) in [5, 5.41) is 3.05. The summed E-state index contributed by atoms with van der Waals surface area (Å²) in [5.74, 6) is 1.00. The number of hydrogen-bond donors (Lipinski definition) is 2. The monoisotopic (exact) mass is 212 g/mol. The molecule has 1 aromatic rings. The van der Waals surface area contributed by atoms with Crippen molar-refractivity contribution >= 4 is 5.95 Å². The smallest absolute Gasteiger partial charge is 0.226 e. The number of hydrogen-bond acceptors (Lipinski definition) is 6. The predicted molar refractivity (Wildman–Crippen MR) is 56.9 cm³/mol. The maximum absolute atomic E-state index is 5.55. The lowest BCUT2D eigenvalue weighted by molar-refractivity contribution is 0.187. The molecule has 6 heteroatoms. The molecule has 84 valence electrons. The molecule has 0 saturated heterocycles. The van der Waals surface area contributed by atoms with Gasteiger partial charge in [0.25, 0.3) is 0 Å². The third-order valence-corrected chi connectivity index (χ3v) is 1.82. The maximum atomic E-state index is 5.55. The minimum Gasteiger partial charge on any atom is -0.481 e. The van der Waals surface area contributed by atoms with Crippen molar-refractivity contribution in [2.75, 3.05) is 32.7 Å². The first kappa shape index (κ1) is 11.7.